The molecule has 0 spiro atoms. The topological polar surface area (TPSA) is 20.3 Å². The summed E-state index contributed by atoms with van der Waals surface area (Å²) in [6, 6.07) is 4.80. The lowest BCUT2D eigenvalue weighted by Gasteiger charge is -2.25. The van der Waals surface area contributed by atoms with Crippen molar-refractivity contribution in [3.8, 4) is 0 Å². The molecule has 0 saturated carbocycles. The fraction of sp³-hybridized carbons (Fsp3) is 0.588. The summed E-state index contributed by atoms with van der Waals surface area (Å²) in [6.45, 7) is 5.43. The first-order valence-electron chi connectivity index (χ1n) is 7.68. The van der Waals surface area contributed by atoms with Crippen molar-refractivity contribution in [3.63, 3.8) is 0 Å². The average Bonchev–Trinajstić information content (AvgIpc) is 2.64. The number of benzene rings is 1. The Kier molecular flexibility index (Phi) is 5.16. The largest absolute Gasteiger partial charge is 0.369 e. The number of anilines is 1. The first-order valence-corrected chi connectivity index (χ1v) is 7.68. The summed E-state index contributed by atoms with van der Waals surface area (Å²) >= 11 is 0. The lowest BCUT2D eigenvalue weighted by molar-refractivity contribution is 0.101. The van der Waals surface area contributed by atoms with Crippen LogP contribution in [0, 0.1) is 11.7 Å². The van der Waals surface area contributed by atoms with Crippen LogP contribution in [-0.2, 0) is 0 Å². The first kappa shape index (κ1) is 15.0. The molecule has 0 aliphatic carbocycles. The molecular weight excluding hydrogens is 253 g/mol. The van der Waals surface area contributed by atoms with Gasteiger partial charge in [-0.2, -0.15) is 0 Å². The molecular formula is C17H24FNO. The van der Waals surface area contributed by atoms with Crippen molar-refractivity contribution >= 4 is 11.5 Å². The molecule has 1 aromatic rings. The molecule has 1 fully saturated rings. The Labute approximate surface area is 121 Å². The fourth-order valence-corrected chi connectivity index (χ4v) is 3.21. The molecule has 2 nitrogen and oxygen atoms in total. The maximum atomic E-state index is 14.2. The number of nitrogens with zero attached hydrogens (tertiary/aromatic N) is 1. The second kappa shape index (κ2) is 6.87. The number of ketones is 1. The third kappa shape index (κ3) is 3.38. The number of hydrogen-bond donors (Lipinski definition) is 0. The van der Waals surface area contributed by atoms with Crippen molar-refractivity contribution in [3.05, 3.63) is 29.6 Å². The lowest BCUT2D eigenvalue weighted by atomic mass is 9.96. The van der Waals surface area contributed by atoms with Crippen LogP contribution in [0.3, 0.4) is 0 Å². The Morgan fingerprint density at radius 3 is 2.85 bits per heavy atom. The van der Waals surface area contributed by atoms with Gasteiger partial charge in [0.25, 0.3) is 0 Å². The normalized spacial score (nSPS) is 19.8. The number of rotatable bonds is 4. The second-order valence-electron chi connectivity index (χ2n) is 5.76. The summed E-state index contributed by atoms with van der Waals surface area (Å²) in [4.78, 5) is 13.8. The van der Waals surface area contributed by atoms with Crippen LogP contribution in [0.2, 0.25) is 0 Å². The van der Waals surface area contributed by atoms with E-state index in [0.29, 0.717) is 11.3 Å². The summed E-state index contributed by atoms with van der Waals surface area (Å²) in [5.41, 5.74) is 1.02. The molecule has 0 N–H and O–H groups in total. The van der Waals surface area contributed by atoms with Gasteiger partial charge >= 0.3 is 0 Å². The summed E-state index contributed by atoms with van der Waals surface area (Å²) in [7, 11) is 0. The van der Waals surface area contributed by atoms with E-state index in [4.69, 9.17) is 0 Å². The van der Waals surface area contributed by atoms with Gasteiger partial charge in [-0.1, -0.05) is 25.8 Å². The predicted octanol–water partition coefficient (Wildman–Crippen LogP) is 4.43. The zero-order valence-corrected chi connectivity index (χ0v) is 12.5. The third-order valence-corrected chi connectivity index (χ3v) is 4.23. The fourth-order valence-electron chi connectivity index (χ4n) is 3.21. The van der Waals surface area contributed by atoms with E-state index < -0.39 is 0 Å². The number of carbonyl (C=O) groups is 1. The van der Waals surface area contributed by atoms with Gasteiger partial charge in [0.2, 0.25) is 0 Å². The van der Waals surface area contributed by atoms with Gasteiger partial charge in [-0.3, -0.25) is 4.79 Å². The Bertz CT molecular complexity index is 472. The SMILES string of the molecule is CCCC1CCCN(c2c(F)cccc2C(C)=O)CC1. The Morgan fingerprint density at radius 2 is 2.15 bits per heavy atom. The van der Waals surface area contributed by atoms with E-state index in [9.17, 15) is 9.18 Å². The smallest absolute Gasteiger partial charge is 0.161 e. The zero-order valence-electron chi connectivity index (χ0n) is 12.5. The number of hydrogen-bond acceptors (Lipinski definition) is 2. The maximum Gasteiger partial charge on any atom is 0.161 e. The molecule has 2 rings (SSSR count). The van der Waals surface area contributed by atoms with E-state index >= 15 is 0 Å². The van der Waals surface area contributed by atoms with E-state index in [0.717, 1.165) is 31.8 Å². The van der Waals surface area contributed by atoms with Crippen LogP contribution in [-0.4, -0.2) is 18.9 Å². The van der Waals surface area contributed by atoms with E-state index in [2.05, 4.69) is 11.8 Å². The van der Waals surface area contributed by atoms with Crippen LogP contribution in [0.5, 0.6) is 0 Å². The molecule has 1 aliphatic heterocycles. The van der Waals surface area contributed by atoms with Crippen LogP contribution < -0.4 is 4.90 Å². The van der Waals surface area contributed by atoms with E-state index in [1.165, 1.54) is 32.3 Å². The highest BCUT2D eigenvalue weighted by Gasteiger charge is 2.22. The molecule has 0 bridgehead atoms. The van der Waals surface area contributed by atoms with Gasteiger partial charge in [-0.25, -0.2) is 4.39 Å². The molecule has 1 heterocycles. The number of carbonyl (C=O) groups excluding carboxylic acids is 1. The molecule has 1 aliphatic rings. The minimum absolute atomic E-state index is 0.0612. The monoisotopic (exact) mass is 277 g/mol. The quantitative estimate of drug-likeness (QED) is 0.759. The average molecular weight is 277 g/mol. The van der Waals surface area contributed by atoms with Crippen molar-refractivity contribution < 1.29 is 9.18 Å². The standard InChI is InChI=1S/C17H24FNO/c1-3-6-14-7-5-11-19(12-10-14)17-15(13(2)20)8-4-9-16(17)18/h4,8-9,14H,3,5-7,10-12H2,1-2H3. The maximum absolute atomic E-state index is 14.2. The Hall–Kier alpha value is -1.38. The van der Waals surface area contributed by atoms with Crippen molar-refractivity contribution in [2.45, 2.75) is 46.0 Å². The number of halogens is 1. The molecule has 0 radical (unpaired) electrons. The molecule has 0 amide bonds. The van der Waals surface area contributed by atoms with Crippen molar-refractivity contribution in [2.75, 3.05) is 18.0 Å². The first-order chi connectivity index (χ1) is 9.63. The van der Waals surface area contributed by atoms with Crippen LogP contribution >= 0.6 is 0 Å². The minimum atomic E-state index is -0.272. The lowest BCUT2D eigenvalue weighted by Crippen LogP contribution is -2.27. The molecule has 1 atom stereocenters. The van der Waals surface area contributed by atoms with Crippen LogP contribution in [0.25, 0.3) is 0 Å². The third-order valence-electron chi connectivity index (χ3n) is 4.23. The van der Waals surface area contributed by atoms with Crippen molar-refractivity contribution in [1.29, 1.82) is 0 Å². The molecule has 1 aromatic carbocycles. The van der Waals surface area contributed by atoms with E-state index in [1.807, 2.05) is 0 Å². The Morgan fingerprint density at radius 1 is 1.35 bits per heavy atom. The van der Waals surface area contributed by atoms with Gasteiger partial charge in [0.15, 0.2) is 5.78 Å². The molecule has 0 aromatic heterocycles. The molecule has 20 heavy (non-hydrogen) atoms. The van der Waals surface area contributed by atoms with E-state index in [1.54, 1.807) is 12.1 Å². The minimum Gasteiger partial charge on any atom is -0.369 e. The van der Waals surface area contributed by atoms with Gasteiger partial charge in [0.05, 0.1) is 5.69 Å². The van der Waals surface area contributed by atoms with Crippen LogP contribution in [0.15, 0.2) is 18.2 Å². The number of Topliss-reactive ketones (excluding diaryl/α,β-unsaturated/α-hetero) is 1. The highest BCUT2D eigenvalue weighted by molar-refractivity contribution is 5.99. The molecule has 3 heteroatoms. The summed E-state index contributed by atoms with van der Waals surface area (Å²) in [5.74, 6) is 0.415. The summed E-state index contributed by atoms with van der Waals surface area (Å²) in [6.07, 6.45) is 5.86. The van der Waals surface area contributed by atoms with Gasteiger partial charge in [-0.05, 0) is 44.2 Å². The van der Waals surface area contributed by atoms with Crippen molar-refractivity contribution in [1.82, 2.24) is 0 Å². The predicted molar refractivity (Wildman–Crippen MR) is 80.9 cm³/mol. The van der Waals surface area contributed by atoms with Gasteiger partial charge < -0.3 is 4.90 Å². The van der Waals surface area contributed by atoms with Gasteiger partial charge in [0.1, 0.15) is 5.82 Å². The van der Waals surface area contributed by atoms with Crippen molar-refractivity contribution in [2.24, 2.45) is 5.92 Å². The molecule has 1 saturated heterocycles. The highest BCUT2D eigenvalue weighted by Crippen LogP contribution is 2.30. The zero-order chi connectivity index (χ0) is 14.5. The van der Waals surface area contributed by atoms with Gasteiger partial charge in [-0.15, -0.1) is 0 Å². The Balaban J connectivity index is 2.21. The molecule has 1 unspecified atom stereocenters. The molecule has 110 valence electrons. The number of para-hydroxylation sites is 1. The highest BCUT2D eigenvalue weighted by atomic mass is 19.1. The second-order valence-corrected chi connectivity index (χ2v) is 5.76. The van der Waals surface area contributed by atoms with E-state index in [-0.39, 0.29) is 11.6 Å². The van der Waals surface area contributed by atoms with Crippen LogP contribution in [0.4, 0.5) is 10.1 Å². The van der Waals surface area contributed by atoms with Crippen LogP contribution in [0.1, 0.15) is 56.3 Å². The summed E-state index contributed by atoms with van der Waals surface area (Å²) in [5, 5.41) is 0. The van der Waals surface area contributed by atoms with Gasteiger partial charge in [0, 0.05) is 18.7 Å². The summed E-state index contributed by atoms with van der Waals surface area (Å²) < 4.78 is 14.2.